The Morgan fingerprint density at radius 2 is 2.09 bits per heavy atom. The minimum atomic E-state index is -0.572. The van der Waals surface area contributed by atoms with Crippen LogP contribution in [0.2, 0.25) is 0 Å². The maximum Gasteiger partial charge on any atom is 0.324 e. The largest absolute Gasteiger partial charge is 0.324 e. The highest BCUT2D eigenvalue weighted by molar-refractivity contribution is 6.07. The molecule has 1 spiro atoms. The first-order valence-corrected chi connectivity index (χ1v) is 3.47. The molecule has 3 amide bonds. The van der Waals surface area contributed by atoms with E-state index in [0.29, 0.717) is 13.1 Å². The maximum absolute atomic E-state index is 11.2. The predicted molar refractivity (Wildman–Crippen MR) is 36.9 cm³/mol. The molecule has 0 aromatic rings. The molecule has 5 nitrogen and oxygen atoms in total. The Labute approximate surface area is 63.7 Å². The van der Waals surface area contributed by atoms with E-state index in [1.54, 1.807) is 7.05 Å². The number of urea groups is 1. The Hall–Kier alpha value is -1.10. The SMILES string of the molecule is CN1C(=O)NC(=O)C12CNC2. The molecule has 0 atom stereocenters. The van der Waals surface area contributed by atoms with Gasteiger partial charge in [-0.25, -0.2) is 4.79 Å². The van der Waals surface area contributed by atoms with E-state index in [1.807, 2.05) is 0 Å². The van der Waals surface area contributed by atoms with Crippen LogP contribution in [0.4, 0.5) is 4.79 Å². The Kier molecular flexibility index (Phi) is 1.04. The van der Waals surface area contributed by atoms with Gasteiger partial charge in [0.2, 0.25) is 0 Å². The normalized spacial score (nSPS) is 27.2. The lowest BCUT2D eigenvalue weighted by Gasteiger charge is -2.40. The zero-order valence-electron chi connectivity index (χ0n) is 6.18. The van der Waals surface area contributed by atoms with Crippen LogP contribution < -0.4 is 10.6 Å². The zero-order valence-corrected chi connectivity index (χ0v) is 6.18. The maximum atomic E-state index is 11.2. The van der Waals surface area contributed by atoms with Crippen LogP contribution >= 0.6 is 0 Å². The second-order valence-electron chi connectivity index (χ2n) is 2.95. The van der Waals surface area contributed by atoms with Gasteiger partial charge in [0.1, 0.15) is 5.54 Å². The number of likely N-dealkylation sites (N-methyl/N-ethyl adjacent to an activating group) is 1. The van der Waals surface area contributed by atoms with Crippen molar-refractivity contribution in [3.8, 4) is 0 Å². The van der Waals surface area contributed by atoms with Gasteiger partial charge in [0.25, 0.3) is 5.91 Å². The highest BCUT2D eigenvalue weighted by Gasteiger charge is 2.55. The molecule has 2 rings (SSSR count). The van der Waals surface area contributed by atoms with Crippen LogP contribution in [0.5, 0.6) is 0 Å². The van der Waals surface area contributed by atoms with Crippen LogP contribution in [0.3, 0.4) is 0 Å². The zero-order chi connectivity index (χ0) is 8.06. The van der Waals surface area contributed by atoms with Crippen LogP contribution in [-0.2, 0) is 4.79 Å². The molecule has 11 heavy (non-hydrogen) atoms. The highest BCUT2D eigenvalue weighted by atomic mass is 16.2. The van der Waals surface area contributed by atoms with Crippen molar-refractivity contribution in [1.82, 2.24) is 15.5 Å². The first kappa shape index (κ1) is 6.60. The summed E-state index contributed by atoms with van der Waals surface area (Å²) in [4.78, 5) is 23.6. The van der Waals surface area contributed by atoms with Gasteiger partial charge in [-0.05, 0) is 0 Å². The molecule has 0 saturated carbocycles. The minimum absolute atomic E-state index is 0.177. The molecular weight excluding hydrogens is 146 g/mol. The fourth-order valence-electron chi connectivity index (χ4n) is 1.40. The first-order valence-electron chi connectivity index (χ1n) is 3.47. The lowest BCUT2D eigenvalue weighted by Crippen LogP contribution is -2.69. The van der Waals surface area contributed by atoms with E-state index >= 15 is 0 Å². The molecule has 0 bridgehead atoms. The number of hydrogen-bond donors (Lipinski definition) is 2. The van der Waals surface area contributed by atoms with Gasteiger partial charge in [0.05, 0.1) is 0 Å². The van der Waals surface area contributed by atoms with Gasteiger partial charge in [-0.15, -0.1) is 0 Å². The molecule has 2 saturated heterocycles. The third kappa shape index (κ3) is 0.586. The number of imide groups is 1. The third-order valence-corrected chi connectivity index (χ3v) is 2.42. The Balaban J connectivity index is 2.32. The molecule has 2 heterocycles. The lowest BCUT2D eigenvalue weighted by atomic mass is 9.91. The number of carbonyl (C=O) groups is 2. The van der Waals surface area contributed by atoms with Crippen molar-refractivity contribution in [2.75, 3.05) is 20.1 Å². The molecule has 0 radical (unpaired) electrons. The Morgan fingerprint density at radius 3 is 2.27 bits per heavy atom. The van der Waals surface area contributed by atoms with Crippen LogP contribution in [0.15, 0.2) is 0 Å². The first-order chi connectivity index (χ1) is 5.17. The molecule has 60 valence electrons. The molecule has 0 aromatic carbocycles. The second kappa shape index (κ2) is 1.73. The molecule has 0 aliphatic carbocycles. The molecule has 0 aromatic heterocycles. The second-order valence-corrected chi connectivity index (χ2v) is 2.95. The van der Waals surface area contributed by atoms with Gasteiger partial charge in [0.15, 0.2) is 0 Å². The van der Waals surface area contributed by atoms with Crippen LogP contribution in [0.1, 0.15) is 0 Å². The number of amides is 3. The van der Waals surface area contributed by atoms with E-state index in [1.165, 1.54) is 4.90 Å². The summed E-state index contributed by atoms with van der Waals surface area (Å²) in [7, 11) is 1.64. The number of nitrogens with one attached hydrogen (secondary N) is 2. The summed E-state index contributed by atoms with van der Waals surface area (Å²) in [6, 6.07) is -0.295. The monoisotopic (exact) mass is 155 g/mol. The smallest absolute Gasteiger partial charge is 0.311 e. The number of hydrogen-bond acceptors (Lipinski definition) is 3. The molecule has 2 aliphatic heterocycles. The van der Waals surface area contributed by atoms with Crippen LogP contribution in [0, 0.1) is 0 Å². The summed E-state index contributed by atoms with van der Waals surface area (Å²) < 4.78 is 0. The van der Waals surface area contributed by atoms with Gasteiger partial charge < -0.3 is 10.2 Å². The molecule has 2 N–H and O–H groups in total. The average molecular weight is 155 g/mol. The fraction of sp³-hybridized carbons (Fsp3) is 0.667. The van der Waals surface area contributed by atoms with Crippen LogP contribution in [0.25, 0.3) is 0 Å². The van der Waals surface area contributed by atoms with E-state index < -0.39 is 5.54 Å². The van der Waals surface area contributed by atoms with Crippen molar-refractivity contribution < 1.29 is 9.59 Å². The fourth-order valence-corrected chi connectivity index (χ4v) is 1.40. The molecular formula is C6H9N3O2. The average Bonchev–Trinajstić information content (AvgIpc) is 2.03. The third-order valence-electron chi connectivity index (χ3n) is 2.42. The molecule has 5 heteroatoms. The standard InChI is InChI=1S/C6H9N3O2/c1-9-5(11)8-4(10)6(9)2-7-3-6/h7H,2-3H2,1H3,(H,8,10,11). The van der Waals surface area contributed by atoms with Gasteiger partial charge in [-0.2, -0.15) is 0 Å². The van der Waals surface area contributed by atoms with Crippen molar-refractivity contribution in [2.24, 2.45) is 0 Å². The van der Waals surface area contributed by atoms with Crippen LogP contribution in [-0.4, -0.2) is 42.5 Å². The summed E-state index contributed by atoms with van der Waals surface area (Å²) >= 11 is 0. The molecule has 2 fully saturated rings. The van der Waals surface area contributed by atoms with Crippen molar-refractivity contribution in [3.63, 3.8) is 0 Å². The van der Waals surface area contributed by atoms with E-state index in [0.717, 1.165) is 0 Å². The number of carbonyl (C=O) groups excluding carboxylic acids is 2. The van der Waals surface area contributed by atoms with Crippen molar-refractivity contribution in [1.29, 1.82) is 0 Å². The van der Waals surface area contributed by atoms with E-state index in [-0.39, 0.29) is 11.9 Å². The van der Waals surface area contributed by atoms with E-state index in [4.69, 9.17) is 0 Å². The van der Waals surface area contributed by atoms with Crippen molar-refractivity contribution >= 4 is 11.9 Å². The molecule has 2 aliphatic rings. The van der Waals surface area contributed by atoms with Gasteiger partial charge in [-0.1, -0.05) is 0 Å². The Bertz CT molecular complexity index is 234. The topological polar surface area (TPSA) is 61.4 Å². The van der Waals surface area contributed by atoms with E-state index in [9.17, 15) is 9.59 Å². The summed E-state index contributed by atoms with van der Waals surface area (Å²) in [5, 5.41) is 5.24. The molecule has 0 unspecified atom stereocenters. The lowest BCUT2D eigenvalue weighted by molar-refractivity contribution is -0.128. The summed E-state index contributed by atoms with van der Waals surface area (Å²) in [6.07, 6.45) is 0. The van der Waals surface area contributed by atoms with Gasteiger partial charge in [-0.3, -0.25) is 10.1 Å². The predicted octanol–water partition coefficient (Wildman–Crippen LogP) is -1.49. The minimum Gasteiger partial charge on any atom is -0.311 e. The van der Waals surface area contributed by atoms with Crippen molar-refractivity contribution in [2.45, 2.75) is 5.54 Å². The van der Waals surface area contributed by atoms with Crippen molar-refractivity contribution in [3.05, 3.63) is 0 Å². The number of nitrogens with zero attached hydrogens (tertiary/aromatic N) is 1. The summed E-state index contributed by atoms with van der Waals surface area (Å²) in [5.74, 6) is -0.177. The summed E-state index contributed by atoms with van der Waals surface area (Å²) in [6.45, 7) is 1.14. The Morgan fingerprint density at radius 1 is 1.45 bits per heavy atom. The van der Waals surface area contributed by atoms with Gasteiger partial charge in [0, 0.05) is 20.1 Å². The van der Waals surface area contributed by atoms with Gasteiger partial charge >= 0.3 is 6.03 Å². The van der Waals surface area contributed by atoms with E-state index in [2.05, 4.69) is 10.6 Å². The highest BCUT2D eigenvalue weighted by Crippen LogP contribution is 2.23. The number of rotatable bonds is 0. The quantitative estimate of drug-likeness (QED) is 0.419. The summed E-state index contributed by atoms with van der Waals surface area (Å²) in [5.41, 5.74) is -0.572.